The summed E-state index contributed by atoms with van der Waals surface area (Å²) in [5.74, 6) is 0.494. The molecule has 0 aliphatic rings. The highest BCUT2D eigenvalue weighted by molar-refractivity contribution is 5.89. The molecule has 0 atom stereocenters. The number of carbonyl (C=O) groups is 1. The van der Waals surface area contributed by atoms with Gasteiger partial charge in [0, 0.05) is 5.69 Å². The number of nitrogen functional groups attached to an aromatic ring is 1. The molecule has 4 rings (SSSR count). The van der Waals surface area contributed by atoms with Crippen molar-refractivity contribution in [2.45, 2.75) is 25.7 Å². The third-order valence-corrected chi connectivity index (χ3v) is 5.56. The van der Waals surface area contributed by atoms with Gasteiger partial charge in [-0.1, -0.05) is 86.6 Å². The molecule has 0 aliphatic heterocycles. The first-order chi connectivity index (χ1) is 16.5. The van der Waals surface area contributed by atoms with Gasteiger partial charge in [-0.05, 0) is 34.7 Å². The minimum absolute atomic E-state index is 0.228. The number of hydrazine groups is 1. The lowest BCUT2D eigenvalue weighted by Gasteiger charge is -2.19. The molecule has 7 nitrogen and oxygen atoms in total. The van der Waals surface area contributed by atoms with Gasteiger partial charge in [0.05, 0.1) is 5.92 Å². The lowest BCUT2D eigenvalue weighted by atomic mass is 9.91. The smallest absolute Gasteiger partial charge is 0.250 e. The van der Waals surface area contributed by atoms with Crippen LogP contribution in [0.4, 0.5) is 23.0 Å². The van der Waals surface area contributed by atoms with Crippen LogP contribution >= 0.6 is 0 Å². The second kappa shape index (κ2) is 10.5. The molecule has 0 saturated carbocycles. The first kappa shape index (κ1) is 22.8. The van der Waals surface area contributed by atoms with E-state index in [0.29, 0.717) is 23.2 Å². The van der Waals surface area contributed by atoms with Gasteiger partial charge in [-0.2, -0.15) is 0 Å². The summed E-state index contributed by atoms with van der Waals surface area (Å²) in [7, 11) is 0. The van der Waals surface area contributed by atoms with Crippen LogP contribution in [-0.4, -0.2) is 15.9 Å². The molecule has 7 heteroatoms. The molecule has 0 bridgehead atoms. The first-order valence-corrected chi connectivity index (χ1v) is 11.2. The Balaban J connectivity index is 1.50. The number of nitrogens with one attached hydrogen (secondary N) is 3. The maximum atomic E-state index is 13.2. The van der Waals surface area contributed by atoms with Crippen molar-refractivity contribution in [2.24, 2.45) is 0 Å². The summed E-state index contributed by atoms with van der Waals surface area (Å²) in [5.41, 5.74) is 16.1. The van der Waals surface area contributed by atoms with Gasteiger partial charge in [0.15, 0.2) is 11.6 Å². The molecule has 0 fully saturated rings. The quantitative estimate of drug-likeness (QED) is 0.274. The number of nitrogens with zero attached hydrogens (tertiary/aromatic N) is 2. The summed E-state index contributed by atoms with van der Waals surface area (Å²) in [6, 6.07) is 27.3. The first-order valence-electron chi connectivity index (χ1n) is 11.2. The Kier molecular flexibility index (Phi) is 7.03. The number of benzene rings is 3. The highest BCUT2D eigenvalue weighted by atomic mass is 16.2. The molecule has 0 aliphatic carbocycles. The van der Waals surface area contributed by atoms with Crippen LogP contribution in [0.25, 0.3) is 0 Å². The van der Waals surface area contributed by atoms with E-state index in [-0.39, 0.29) is 5.91 Å². The maximum absolute atomic E-state index is 13.2. The van der Waals surface area contributed by atoms with Crippen LogP contribution < -0.4 is 21.9 Å². The fraction of sp³-hybridized carbons (Fsp3) is 0.148. The van der Waals surface area contributed by atoms with E-state index >= 15 is 0 Å². The second-order valence-corrected chi connectivity index (χ2v) is 8.25. The van der Waals surface area contributed by atoms with E-state index in [0.717, 1.165) is 16.8 Å². The number of amides is 1. The van der Waals surface area contributed by atoms with Crippen LogP contribution in [0.5, 0.6) is 0 Å². The molecule has 172 valence electrons. The topological polar surface area (TPSA) is 105 Å². The van der Waals surface area contributed by atoms with E-state index < -0.39 is 5.92 Å². The zero-order valence-electron chi connectivity index (χ0n) is 19.2. The maximum Gasteiger partial charge on any atom is 0.250 e. The molecule has 0 unspecified atom stereocenters. The number of rotatable bonds is 8. The van der Waals surface area contributed by atoms with Gasteiger partial charge in [0.1, 0.15) is 12.0 Å². The van der Waals surface area contributed by atoms with E-state index in [1.54, 1.807) is 0 Å². The molecule has 4 aromatic rings. The lowest BCUT2D eigenvalue weighted by molar-refractivity contribution is -0.121. The van der Waals surface area contributed by atoms with E-state index in [1.807, 2.05) is 72.8 Å². The largest absolute Gasteiger partial charge is 0.393 e. The Labute approximate surface area is 199 Å². The standard InChI is InChI=1S/C27H28N6O/c1-18(2)19-13-15-22(16-14-19)31-25-24(28)26(30-17-29-25)32-33-27(34)23(20-9-5-3-6-10-20)21-11-7-4-8-12-21/h3-18,23H,28H2,1-2H3,(H,33,34)(H2,29,30,31,32). The van der Waals surface area contributed by atoms with Crippen LogP contribution in [0, 0.1) is 0 Å². The van der Waals surface area contributed by atoms with Crippen molar-refractivity contribution in [3.8, 4) is 0 Å². The number of hydrogen-bond donors (Lipinski definition) is 4. The number of aromatic nitrogens is 2. The number of nitrogens with two attached hydrogens (primary N) is 1. The van der Waals surface area contributed by atoms with Crippen molar-refractivity contribution < 1.29 is 4.79 Å². The van der Waals surface area contributed by atoms with E-state index in [4.69, 9.17) is 5.73 Å². The monoisotopic (exact) mass is 452 g/mol. The Morgan fingerprint density at radius 3 is 1.88 bits per heavy atom. The van der Waals surface area contributed by atoms with Gasteiger partial charge >= 0.3 is 0 Å². The predicted octanol–water partition coefficient (Wildman–Crippen LogP) is 5.20. The van der Waals surface area contributed by atoms with Gasteiger partial charge in [-0.3, -0.25) is 15.6 Å². The van der Waals surface area contributed by atoms with Crippen molar-refractivity contribution in [3.05, 3.63) is 108 Å². The minimum atomic E-state index is -0.491. The zero-order valence-corrected chi connectivity index (χ0v) is 19.2. The Morgan fingerprint density at radius 1 is 0.765 bits per heavy atom. The van der Waals surface area contributed by atoms with Crippen molar-refractivity contribution in [1.82, 2.24) is 15.4 Å². The molecule has 34 heavy (non-hydrogen) atoms. The average Bonchev–Trinajstić information content (AvgIpc) is 2.86. The molecule has 0 radical (unpaired) electrons. The van der Waals surface area contributed by atoms with Crippen molar-refractivity contribution >= 4 is 28.9 Å². The van der Waals surface area contributed by atoms with Crippen LogP contribution in [0.2, 0.25) is 0 Å². The molecule has 1 heterocycles. The summed E-state index contributed by atoms with van der Waals surface area (Å²) in [4.78, 5) is 21.7. The molecular weight excluding hydrogens is 424 g/mol. The fourth-order valence-corrected chi connectivity index (χ4v) is 3.66. The zero-order chi connectivity index (χ0) is 23.9. The normalized spacial score (nSPS) is 10.8. The average molecular weight is 453 g/mol. The summed E-state index contributed by atoms with van der Waals surface area (Å²) in [6.45, 7) is 4.30. The summed E-state index contributed by atoms with van der Waals surface area (Å²) >= 11 is 0. The second-order valence-electron chi connectivity index (χ2n) is 8.25. The van der Waals surface area contributed by atoms with Gasteiger partial charge in [0.25, 0.3) is 0 Å². The van der Waals surface area contributed by atoms with Crippen LogP contribution in [0.15, 0.2) is 91.3 Å². The number of carbonyl (C=O) groups excluding carboxylic acids is 1. The summed E-state index contributed by atoms with van der Waals surface area (Å²) in [6.07, 6.45) is 1.39. The minimum Gasteiger partial charge on any atom is -0.393 e. The molecule has 1 amide bonds. The van der Waals surface area contributed by atoms with E-state index in [1.165, 1.54) is 11.9 Å². The fourth-order valence-electron chi connectivity index (χ4n) is 3.66. The van der Waals surface area contributed by atoms with E-state index in [2.05, 4.69) is 52.1 Å². The molecule has 5 N–H and O–H groups in total. The molecular formula is C27H28N6O. The highest BCUT2D eigenvalue weighted by Gasteiger charge is 2.23. The molecule has 0 saturated heterocycles. The van der Waals surface area contributed by atoms with Gasteiger partial charge in [-0.15, -0.1) is 0 Å². The van der Waals surface area contributed by atoms with Crippen molar-refractivity contribution in [1.29, 1.82) is 0 Å². The van der Waals surface area contributed by atoms with Gasteiger partial charge in [0.2, 0.25) is 5.91 Å². The van der Waals surface area contributed by atoms with Crippen LogP contribution in [0.1, 0.15) is 42.4 Å². The van der Waals surface area contributed by atoms with Crippen LogP contribution in [0.3, 0.4) is 0 Å². The molecule has 3 aromatic carbocycles. The van der Waals surface area contributed by atoms with Crippen LogP contribution in [-0.2, 0) is 4.79 Å². The van der Waals surface area contributed by atoms with Crippen molar-refractivity contribution in [3.63, 3.8) is 0 Å². The molecule has 1 aromatic heterocycles. The summed E-state index contributed by atoms with van der Waals surface area (Å²) in [5, 5.41) is 3.21. The van der Waals surface area contributed by atoms with Gasteiger partial charge in [-0.25, -0.2) is 9.97 Å². The van der Waals surface area contributed by atoms with Gasteiger partial charge < -0.3 is 11.1 Å². The predicted molar refractivity (Wildman–Crippen MR) is 137 cm³/mol. The Morgan fingerprint density at radius 2 is 1.32 bits per heavy atom. The Hall–Kier alpha value is -4.39. The Bertz CT molecular complexity index is 1190. The summed E-state index contributed by atoms with van der Waals surface area (Å²) < 4.78 is 0. The number of hydrogen-bond acceptors (Lipinski definition) is 6. The van der Waals surface area contributed by atoms with E-state index in [9.17, 15) is 4.79 Å². The third-order valence-electron chi connectivity index (χ3n) is 5.56. The highest BCUT2D eigenvalue weighted by Crippen LogP contribution is 2.28. The van der Waals surface area contributed by atoms with Crippen molar-refractivity contribution in [2.75, 3.05) is 16.5 Å². The SMILES string of the molecule is CC(C)c1ccc(Nc2ncnc(NNC(=O)C(c3ccccc3)c3ccccc3)c2N)cc1. The third kappa shape index (κ3) is 5.32. The number of anilines is 4. The lowest BCUT2D eigenvalue weighted by Crippen LogP contribution is -2.35. The molecule has 0 spiro atoms.